The standard InChI is InChI=1S/C19H18NO4PS/c1-15-7-9-16(10-8-15)20-26(23,24)19-13-11-18(12-14-19)25(21,22)17-5-3-2-4-6-17/h2-14,20H,1H3,(H,21,22). The van der Waals surface area contributed by atoms with Gasteiger partial charge in [-0.05, 0) is 55.5 Å². The Hall–Kier alpha value is -2.40. The van der Waals surface area contributed by atoms with Gasteiger partial charge in [0.25, 0.3) is 17.4 Å². The summed E-state index contributed by atoms with van der Waals surface area (Å²) in [6, 6.07) is 20.7. The number of hydrogen-bond donors (Lipinski definition) is 2. The van der Waals surface area contributed by atoms with Crippen molar-refractivity contribution in [3.05, 3.63) is 84.4 Å². The maximum Gasteiger partial charge on any atom is 0.261 e. The molecule has 0 amide bonds. The molecule has 0 heterocycles. The highest BCUT2D eigenvalue weighted by Crippen LogP contribution is 2.38. The summed E-state index contributed by atoms with van der Waals surface area (Å²) in [6.45, 7) is 1.91. The van der Waals surface area contributed by atoms with E-state index in [2.05, 4.69) is 4.72 Å². The van der Waals surface area contributed by atoms with E-state index < -0.39 is 17.4 Å². The molecule has 3 rings (SSSR count). The van der Waals surface area contributed by atoms with Gasteiger partial charge in [0, 0.05) is 16.3 Å². The average molecular weight is 387 g/mol. The number of anilines is 1. The van der Waals surface area contributed by atoms with E-state index in [1.165, 1.54) is 24.3 Å². The van der Waals surface area contributed by atoms with Crippen LogP contribution in [0.2, 0.25) is 0 Å². The van der Waals surface area contributed by atoms with E-state index in [1.54, 1.807) is 42.5 Å². The minimum Gasteiger partial charge on any atom is -0.338 e. The molecule has 0 aliphatic rings. The molecule has 1 atom stereocenters. The normalized spacial score (nSPS) is 13.8. The van der Waals surface area contributed by atoms with Crippen molar-refractivity contribution in [1.29, 1.82) is 0 Å². The van der Waals surface area contributed by atoms with E-state index in [1.807, 2.05) is 19.1 Å². The highest BCUT2D eigenvalue weighted by Gasteiger charge is 2.24. The fourth-order valence-corrected chi connectivity index (χ4v) is 4.93. The first kappa shape index (κ1) is 18.4. The fraction of sp³-hybridized carbons (Fsp3) is 0.0526. The third-order valence-electron chi connectivity index (χ3n) is 3.91. The van der Waals surface area contributed by atoms with E-state index in [4.69, 9.17) is 0 Å². The molecule has 5 nitrogen and oxygen atoms in total. The molecular weight excluding hydrogens is 369 g/mol. The quantitative estimate of drug-likeness (QED) is 0.659. The Kier molecular flexibility index (Phi) is 5.01. The second-order valence-corrected chi connectivity index (χ2v) is 9.74. The molecular formula is C19H18NO4PS. The van der Waals surface area contributed by atoms with Crippen LogP contribution in [-0.2, 0) is 14.6 Å². The van der Waals surface area contributed by atoms with E-state index >= 15 is 0 Å². The molecule has 2 N–H and O–H groups in total. The minimum absolute atomic E-state index is 0.0230. The van der Waals surface area contributed by atoms with Crippen molar-refractivity contribution in [2.75, 3.05) is 4.72 Å². The summed E-state index contributed by atoms with van der Waals surface area (Å²) >= 11 is 0. The van der Waals surface area contributed by atoms with E-state index in [0.717, 1.165) is 5.56 Å². The van der Waals surface area contributed by atoms with Crippen LogP contribution in [0.3, 0.4) is 0 Å². The lowest BCUT2D eigenvalue weighted by Crippen LogP contribution is -2.17. The highest BCUT2D eigenvalue weighted by molar-refractivity contribution is 7.92. The van der Waals surface area contributed by atoms with Crippen LogP contribution in [0.15, 0.2) is 83.8 Å². The Morgan fingerprint density at radius 3 is 1.92 bits per heavy atom. The molecule has 0 aromatic heterocycles. The Balaban J connectivity index is 1.87. The van der Waals surface area contributed by atoms with Crippen molar-refractivity contribution in [2.45, 2.75) is 11.8 Å². The number of rotatable bonds is 5. The van der Waals surface area contributed by atoms with Crippen LogP contribution in [0.5, 0.6) is 0 Å². The summed E-state index contributed by atoms with van der Waals surface area (Å²) in [5, 5.41) is 0.478. The van der Waals surface area contributed by atoms with Crippen LogP contribution in [0, 0.1) is 6.92 Å². The highest BCUT2D eigenvalue weighted by atomic mass is 32.2. The van der Waals surface area contributed by atoms with Crippen LogP contribution >= 0.6 is 7.37 Å². The first-order chi connectivity index (χ1) is 12.3. The fourth-order valence-electron chi connectivity index (χ4n) is 2.44. The molecule has 0 aliphatic heterocycles. The molecule has 3 aromatic carbocycles. The lowest BCUT2D eigenvalue weighted by molar-refractivity contribution is 0.501. The minimum atomic E-state index is -3.77. The SMILES string of the molecule is Cc1ccc(NS(=O)(=O)c2ccc(P(=O)(O)c3ccccc3)cc2)cc1. The third kappa shape index (κ3) is 3.88. The van der Waals surface area contributed by atoms with Crippen molar-refractivity contribution in [3.8, 4) is 0 Å². The maximum atomic E-state index is 12.7. The van der Waals surface area contributed by atoms with Gasteiger partial charge in [-0.15, -0.1) is 0 Å². The third-order valence-corrected chi connectivity index (χ3v) is 7.30. The van der Waals surface area contributed by atoms with Crippen LogP contribution in [0.1, 0.15) is 5.56 Å². The molecule has 0 saturated carbocycles. The van der Waals surface area contributed by atoms with Crippen LogP contribution in [0.4, 0.5) is 5.69 Å². The summed E-state index contributed by atoms with van der Waals surface area (Å²) in [5.41, 5.74) is 1.48. The van der Waals surface area contributed by atoms with Gasteiger partial charge >= 0.3 is 0 Å². The van der Waals surface area contributed by atoms with Crippen molar-refractivity contribution >= 4 is 33.7 Å². The zero-order valence-electron chi connectivity index (χ0n) is 14.0. The molecule has 26 heavy (non-hydrogen) atoms. The first-order valence-electron chi connectivity index (χ1n) is 7.87. The molecule has 0 saturated heterocycles. The Morgan fingerprint density at radius 1 is 0.808 bits per heavy atom. The second-order valence-electron chi connectivity index (χ2n) is 5.88. The summed E-state index contributed by atoms with van der Waals surface area (Å²) < 4.78 is 40.1. The number of aryl methyl sites for hydroxylation is 1. The molecule has 0 aliphatic carbocycles. The van der Waals surface area contributed by atoms with Gasteiger partial charge in [0.15, 0.2) is 0 Å². The second kappa shape index (κ2) is 7.08. The molecule has 0 spiro atoms. The van der Waals surface area contributed by atoms with E-state index in [-0.39, 0.29) is 10.2 Å². The summed E-state index contributed by atoms with van der Waals surface area (Å²) in [6.07, 6.45) is 0. The monoisotopic (exact) mass is 387 g/mol. The lowest BCUT2D eigenvalue weighted by atomic mass is 10.2. The Morgan fingerprint density at radius 2 is 1.35 bits per heavy atom. The van der Waals surface area contributed by atoms with Gasteiger partial charge in [-0.3, -0.25) is 9.29 Å². The van der Waals surface area contributed by atoms with Gasteiger partial charge in [0.1, 0.15) is 0 Å². The van der Waals surface area contributed by atoms with Gasteiger partial charge in [-0.2, -0.15) is 0 Å². The first-order valence-corrected chi connectivity index (χ1v) is 11.0. The lowest BCUT2D eigenvalue weighted by Gasteiger charge is -2.13. The number of hydrogen-bond acceptors (Lipinski definition) is 3. The molecule has 3 aromatic rings. The zero-order chi connectivity index (χ0) is 18.8. The molecule has 134 valence electrons. The van der Waals surface area contributed by atoms with Crippen LogP contribution in [-0.4, -0.2) is 13.3 Å². The predicted octanol–water partition coefficient (Wildman–Crippen LogP) is 3.02. The van der Waals surface area contributed by atoms with E-state index in [0.29, 0.717) is 11.0 Å². The van der Waals surface area contributed by atoms with Gasteiger partial charge in [-0.1, -0.05) is 35.9 Å². The largest absolute Gasteiger partial charge is 0.338 e. The van der Waals surface area contributed by atoms with Gasteiger partial charge in [0.05, 0.1) is 4.90 Å². The van der Waals surface area contributed by atoms with Gasteiger partial charge in [-0.25, -0.2) is 8.42 Å². The van der Waals surface area contributed by atoms with Crippen LogP contribution < -0.4 is 15.3 Å². The maximum absolute atomic E-state index is 12.7. The molecule has 1 unspecified atom stereocenters. The molecule has 0 bridgehead atoms. The zero-order valence-corrected chi connectivity index (χ0v) is 15.7. The van der Waals surface area contributed by atoms with Gasteiger partial charge in [0.2, 0.25) is 0 Å². The summed E-state index contributed by atoms with van der Waals surface area (Å²) in [7, 11) is -7.53. The Bertz CT molecular complexity index is 1050. The van der Waals surface area contributed by atoms with Crippen molar-refractivity contribution < 1.29 is 17.9 Å². The number of benzene rings is 3. The van der Waals surface area contributed by atoms with Crippen molar-refractivity contribution in [1.82, 2.24) is 0 Å². The topological polar surface area (TPSA) is 83.5 Å². The molecule has 7 heteroatoms. The van der Waals surface area contributed by atoms with Crippen molar-refractivity contribution in [3.63, 3.8) is 0 Å². The smallest absolute Gasteiger partial charge is 0.261 e. The number of nitrogens with one attached hydrogen (secondary N) is 1. The summed E-state index contributed by atoms with van der Waals surface area (Å²) in [4.78, 5) is 10.4. The molecule has 0 radical (unpaired) electrons. The Labute approximate surface area is 152 Å². The van der Waals surface area contributed by atoms with Gasteiger partial charge < -0.3 is 4.89 Å². The average Bonchev–Trinajstić information content (AvgIpc) is 2.64. The van der Waals surface area contributed by atoms with Crippen molar-refractivity contribution in [2.24, 2.45) is 0 Å². The van der Waals surface area contributed by atoms with E-state index in [9.17, 15) is 17.9 Å². The summed E-state index contributed by atoms with van der Waals surface area (Å²) in [5.74, 6) is 0. The number of sulfonamides is 1. The predicted molar refractivity (Wildman–Crippen MR) is 104 cm³/mol. The van der Waals surface area contributed by atoms with Crippen LogP contribution in [0.25, 0.3) is 0 Å². The molecule has 0 fully saturated rings.